The van der Waals surface area contributed by atoms with Crippen molar-refractivity contribution in [3.8, 4) is 28.7 Å². The van der Waals surface area contributed by atoms with Gasteiger partial charge < -0.3 is 38.8 Å². The molecular formula is C52H50N6O10. The number of amides is 5. The van der Waals surface area contributed by atoms with Crippen LogP contribution in [0.1, 0.15) is 76.8 Å². The minimum absolute atomic E-state index is 0.132. The first-order chi connectivity index (χ1) is 33.1. The van der Waals surface area contributed by atoms with Gasteiger partial charge in [-0.15, -0.1) is 0 Å². The number of ether oxygens (including phenoxy) is 5. The predicted octanol–water partition coefficient (Wildman–Crippen LogP) is 7.93. The van der Waals surface area contributed by atoms with Crippen molar-refractivity contribution < 1.29 is 47.7 Å². The monoisotopic (exact) mass is 918 g/mol. The van der Waals surface area contributed by atoms with Crippen LogP contribution in [0.3, 0.4) is 0 Å². The number of carbonyl (C=O) groups is 5. The highest BCUT2D eigenvalue weighted by molar-refractivity contribution is 6.13. The number of hydrogen-bond donors (Lipinski definition) is 1. The van der Waals surface area contributed by atoms with Crippen molar-refractivity contribution in [2.24, 2.45) is 9.98 Å². The van der Waals surface area contributed by atoms with Gasteiger partial charge in [-0.25, -0.2) is 0 Å². The lowest BCUT2D eigenvalue weighted by Gasteiger charge is -2.19. The summed E-state index contributed by atoms with van der Waals surface area (Å²) >= 11 is 0. The van der Waals surface area contributed by atoms with Gasteiger partial charge in [0.25, 0.3) is 23.6 Å². The van der Waals surface area contributed by atoms with Crippen LogP contribution >= 0.6 is 0 Å². The summed E-state index contributed by atoms with van der Waals surface area (Å²) in [6.07, 6.45) is 13.7. The van der Waals surface area contributed by atoms with Crippen molar-refractivity contribution in [2.75, 3.05) is 46.4 Å². The molecule has 348 valence electrons. The van der Waals surface area contributed by atoms with Crippen LogP contribution in [-0.4, -0.2) is 110 Å². The van der Waals surface area contributed by atoms with E-state index in [-0.39, 0.29) is 54.8 Å². The molecule has 5 aliphatic rings. The lowest BCUT2D eigenvalue weighted by atomic mass is 10.0. The molecule has 2 atom stereocenters. The van der Waals surface area contributed by atoms with Crippen molar-refractivity contribution in [2.45, 2.75) is 57.0 Å². The van der Waals surface area contributed by atoms with Gasteiger partial charge in [0.2, 0.25) is 5.91 Å². The molecule has 5 aliphatic heterocycles. The van der Waals surface area contributed by atoms with Crippen LogP contribution in [0, 0.1) is 0 Å². The third-order valence-corrected chi connectivity index (χ3v) is 12.4. The molecule has 5 amide bonds. The minimum Gasteiger partial charge on any atom is -0.497 e. The molecule has 0 fully saturated rings. The molecule has 16 nitrogen and oxygen atoms in total. The molecule has 0 aromatic heterocycles. The second kappa shape index (κ2) is 19.8. The van der Waals surface area contributed by atoms with E-state index in [2.05, 4.69) is 5.32 Å². The second-order valence-electron chi connectivity index (χ2n) is 16.8. The first-order valence-corrected chi connectivity index (χ1v) is 22.5. The molecule has 0 bridgehead atoms. The van der Waals surface area contributed by atoms with Crippen LogP contribution in [0.15, 0.2) is 107 Å². The Labute approximate surface area is 393 Å². The highest BCUT2D eigenvalue weighted by atomic mass is 16.5. The normalized spacial score (nSPS) is 17.8. The lowest BCUT2D eigenvalue weighted by molar-refractivity contribution is -0.136. The number of unbranched alkanes of at least 4 members (excludes halogenated alkanes) is 2. The summed E-state index contributed by atoms with van der Waals surface area (Å²) in [6.45, 7) is 0.874. The predicted molar refractivity (Wildman–Crippen MR) is 255 cm³/mol. The lowest BCUT2D eigenvalue weighted by Crippen LogP contribution is -2.32. The van der Waals surface area contributed by atoms with Crippen LogP contribution in [-0.2, 0) is 14.4 Å². The van der Waals surface area contributed by atoms with Gasteiger partial charge in [-0.2, -0.15) is 0 Å². The topological polar surface area (TPSA) is 178 Å². The van der Waals surface area contributed by atoms with Gasteiger partial charge in [0.05, 0.1) is 69.1 Å². The number of benzene rings is 4. The fraction of sp³-hybridized carbons (Fsp3) is 0.288. The average molecular weight is 919 g/mol. The molecule has 1 unspecified atom stereocenters. The fourth-order valence-electron chi connectivity index (χ4n) is 8.77. The van der Waals surface area contributed by atoms with Gasteiger partial charge >= 0.3 is 0 Å². The standard InChI is InChI=1S/C52H50N6O10/c1-64-39-14-12-32(13-15-39)34-22-37-28-53-42-26-46(44(65-2)24-40(42)51(62)57(37)30-34)67-19-8-20-68-47-27-43-41(25-45(47)66-3)52(63)58-31-35(23-38(58)29-54-43)33-9-7-10-36(21-33)55-48(59)11-5-4-6-18-56-49(60)16-17-50(56)61/h7,9-10,12-17,21,24-31,37-38H,4-6,8,11,18-20,22-23H2,1-3H3,(H,55,59)/t37-,38?/m0/s1. The van der Waals surface area contributed by atoms with E-state index in [1.165, 1.54) is 31.3 Å². The van der Waals surface area contributed by atoms with Crippen LogP contribution in [0.5, 0.6) is 28.7 Å². The summed E-state index contributed by atoms with van der Waals surface area (Å²) in [6, 6.07) is 21.5. The molecule has 0 saturated heterocycles. The molecule has 0 spiro atoms. The SMILES string of the molecule is COc1ccc(C2=CN3C(=O)c4cc(OC)c(OCCCOc5cc6c(cc5OC)C(=O)N5C=C(c7cccc(NC(=O)CCCCCN8C(=O)C=CC8=O)c7)CC5C=N6)cc4N=C[C@@H]3C2)cc1. The Morgan fingerprint density at radius 2 is 1.21 bits per heavy atom. The minimum atomic E-state index is -0.321. The van der Waals surface area contributed by atoms with E-state index in [0.29, 0.717) is 103 Å². The maximum absolute atomic E-state index is 14.0. The summed E-state index contributed by atoms with van der Waals surface area (Å²) < 4.78 is 28.9. The number of nitrogens with zero attached hydrogens (tertiary/aromatic N) is 5. The Hall–Kier alpha value is -8.01. The zero-order valence-corrected chi connectivity index (χ0v) is 37.9. The smallest absolute Gasteiger partial charge is 0.260 e. The summed E-state index contributed by atoms with van der Waals surface area (Å²) in [5.74, 6) is 1.31. The number of carbonyl (C=O) groups excluding carboxylic acids is 5. The molecular weight excluding hydrogens is 869 g/mol. The summed E-state index contributed by atoms with van der Waals surface area (Å²) in [7, 11) is 4.67. The van der Waals surface area contributed by atoms with Gasteiger partial charge in [0.15, 0.2) is 23.0 Å². The third-order valence-electron chi connectivity index (χ3n) is 12.4. The van der Waals surface area contributed by atoms with E-state index in [1.54, 1.807) is 53.6 Å². The van der Waals surface area contributed by atoms with Crippen molar-refractivity contribution in [1.29, 1.82) is 0 Å². The third kappa shape index (κ3) is 9.47. The molecule has 68 heavy (non-hydrogen) atoms. The fourth-order valence-corrected chi connectivity index (χ4v) is 8.77. The zero-order valence-electron chi connectivity index (χ0n) is 37.9. The maximum atomic E-state index is 14.0. The van der Waals surface area contributed by atoms with Gasteiger partial charge in [-0.1, -0.05) is 30.7 Å². The highest BCUT2D eigenvalue weighted by Crippen LogP contribution is 2.42. The average Bonchev–Trinajstić information content (AvgIpc) is 4.04. The van der Waals surface area contributed by atoms with Crippen LogP contribution in [0.4, 0.5) is 17.1 Å². The van der Waals surface area contributed by atoms with E-state index in [4.69, 9.17) is 33.7 Å². The first-order valence-electron chi connectivity index (χ1n) is 22.5. The molecule has 0 aliphatic carbocycles. The first kappa shape index (κ1) is 45.2. The summed E-state index contributed by atoms with van der Waals surface area (Å²) in [4.78, 5) is 78.1. The van der Waals surface area contributed by atoms with E-state index in [0.717, 1.165) is 28.0 Å². The Balaban J connectivity index is 0.778. The molecule has 4 aromatic carbocycles. The molecule has 9 rings (SSSR count). The number of nitrogens with one attached hydrogen (secondary N) is 1. The number of aliphatic imine (C=N–C) groups is 2. The summed E-state index contributed by atoms with van der Waals surface area (Å²) in [5.41, 5.74) is 6.23. The number of imide groups is 1. The quantitative estimate of drug-likeness (QED) is 0.0762. The number of methoxy groups -OCH3 is 3. The Bertz CT molecular complexity index is 2810. The molecule has 5 heterocycles. The maximum Gasteiger partial charge on any atom is 0.260 e. The van der Waals surface area contributed by atoms with E-state index >= 15 is 0 Å². The van der Waals surface area contributed by atoms with Crippen LogP contribution < -0.4 is 29.0 Å². The second-order valence-corrected chi connectivity index (χ2v) is 16.8. The molecule has 0 radical (unpaired) electrons. The van der Waals surface area contributed by atoms with E-state index in [1.807, 2.05) is 60.9 Å². The van der Waals surface area contributed by atoms with Crippen LogP contribution in [0.25, 0.3) is 11.1 Å². The summed E-state index contributed by atoms with van der Waals surface area (Å²) in [5, 5.41) is 2.96. The van der Waals surface area contributed by atoms with Crippen molar-refractivity contribution in [3.63, 3.8) is 0 Å². The molecule has 16 heteroatoms. The van der Waals surface area contributed by atoms with Gasteiger partial charge in [-0.05, 0) is 71.5 Å². The van der Waals surface area contributed by atoms with Gasteiger partial charge in [0, 0.05) is 87.0 Å². The molecule has 1 N–H and O–H groups in total. The Kier molecular flexibility index (Phi) is 13.2. The Morgan fingerprint density at radius 1 is 0.632 bits per heavy atom. The number of anilines is 1. The van der Waals surface area contributed by atoms with Crippen molar-refractivity contribution in [1.82, 2.24) is 14.7 Å². The Morgan fingerprint density at radius 3 is 1.76 bits per heavy atom. The van der Waals surface area contributed by atoms with Gasteiger partial charge in [-0.3, -0.25) is 38.9 Å². The van der Waals surface area contributed by atoms with E-state index < -0.39 is 0 Å². The number of rotatable bonds is 18. The van der Waals surface area contributed by atoms with Crippen molar-refractivity contribution >= 4 is 70.2 Å². The highest BCUT2D eigenvalue weighted by Gasteiger charge is 2.35. The van der Waals surface area contributed by atoms with Gasteiger partial charge in [0.1, 0.15) is 5.75 Å². The zero-order chi connectivity index (χ0) is 47.3. The van der Waals surface area contributed by atoms with Crippen LogP contribution in [0.2, 0.25) is 0 Å². The molecule has 4 aromatic rings. The largest absolute Gasteiger partial charge is 0.497 e. The number of hydrogen-bond acceptors (Lipinski definition) is 12. The molecule has 0 saturated carbocycles. The van der Waals surface area contributed by atoms with Crippen molar-refractivity contribution in [3.05, 3.63) is 120 Å². The number of fused-ring (bicyclic) bond motifs is 4. The van der Waals surface area contributed by atoms with E-state index in [9.17, 15) is 24.0 Å².